The van der Waals surface area contributed by atoms with Gasteiger partial charge in [0.2, 0.25) is 0 Å². The molecule has 4 nitrogen and oxygen atoms in total. The fourth-order valence-corrected chi connectivity index (χ4v) is 2.02. The molecular formula is C17H14F2N4. The summed E-state index contributed by atoms with van der Waals surface area (Å²) in [4.78, 5) is 8.07. The molecule has 3 rings (SSSR count). The molecule has 0 aliphatic carbocycles. The Morgan fingerprint density at radius 3 is 2.09 bits per heavy atom. The second-order valence-electron chi connectivity index (χ2n) is 5.00. The number of aromatic nitrogens is 2. The molecule has 0 aliphatic heterocycles. The lowest BCUT2D eigenvalue weighted by Gasteiger charge is -2.10. The van der Waals surface area contributed by atoms with Crippen LogP contribution in [0.15, 0.2) is 54.9 Å². The van der Waals surface area contributed by atoms with Crippen LogP contribution in [0.4, 0.5) is 31.8 Å². The van der Waals surface area contributed by atoms with Crippen molar-refractivity contribution < 1.29 is 8.78 Å². The highest BCUT2D eigenvalue weighted by atomic mass is 19.1. The van der Waals surface area contributed by atoms with Crippen molar-refractivity contribution in [1.82, 2.24) is 9.97 Å². The van der Waals surface area contributed by atoms with Crippen LogP contribution in [0.25, 0.3) is 0 Å². The van der Waals surface area contributed by atoms with E-state index in [2.05, 4.69) is 20.6 Å². The maximum absolute atomic E-state index is 13.7. The molecule has 2 aromatic carbocycles. The summed E-state index contributed by atoms with van der Waals surface area (Å²) in [6.07, 6.45) is 1.32. The number of nitrogens with zero attached hydrogens (tertiary/aromatic N) is 2. The van der Waals surface area contributed by atoms with Gasteiger partial charge in [0.05, 0.1) is 0 Å². The smallest absolute Gasteiger partial charge is 0.149 e. The van der Waals surface area contributed by atoms with Crippen LogP contribution in [0.2, 0.25) is 0 Å². The Kier molecular flexibility index (Phi) is 4.14. The Hall–Kier alpha value is -3.02. The highest BCUT2D eigenvalue weighted by molar-refractivity contribution is 5.63. The quantitative estimate of drug-likeness (QED) is 0.742. The van der Waals surface area contributed by atoms with Gasteiger partial charge in [-0.3, -0.25) is 0 Å². The largest absolute Gasteiger partial charge is 0.340 e. The van der Waals surface area contributed by atoms with E-state index >= 15 is 0 Å². The predicted molar refractivity (Wildman–Crippen MR) is 86.1 cm³/mol. The minimum absolute atomic E-state index is 0.243. The van der Waals surface area contributed by atoms with E-state index in [0.29, 0.717) is 11.6 Å². The zero-order chi connectivity index (χ0) is 16.2. The Balaban J connectivity index is 1.81. The number of rotatable bonds is 4. The van der Waals surface area contributed by atoms with Crippen LogP contribution in [0, 0.1) is 18.6 Å². The molecule has 116 valence electrons. The van der Waals surface area contributed by atoms with Crippen molar-refractivity contribution in [3.05, 3.63) is 72.1 Å². The van der Waals surface area contributed by atoms with E-state index < -0.39 is 11.6 Å². The molecule has 0 amide bonds. The van der Waals surface area contributed by atoms with E-state index in [1.165, 1.54) is 24.5 Å². The number of nitrogens with one attached hydrogen (secondary N) is 2. The first-order chi connectivity index (χ1) is 11.1. The van der Waals surface area contributed by atoms with Gasteiger partial charge in [-0.25, -0.2) is 18.7 Å². The van der Waals surface area contributed by atoms with Crippen LogP contribution in [-0.4, -0.2) is 9.97 Å². The average molecular weight is 312 g/mol. The van der Waals surface area contributed by atoms with Crippen LogP contribution in [-0.2, 0) is 0 Å². The molecule has 1 heterocycles. The molecule has 0 fully saturated rings. The molecule has 6 heteroatoms. The lowest BCUT2D eigenvalue weighted by atomic mass is 10.2. The molecule has 0 atom stereocenters. The van der Waals surface area contributed by atoms with Crippen LogP contribution in [0.3, 0.4) is 0 Å². The van der Waals surface area contributed by atoms with Gasteiger partial charge in [0.15, 0.2) is 0 Å². The molecule has 0 saturated heterocycles. The van der Waals surface area contributed by atoms with Crippen molar-refractivity contribution in [2.75, 3.05) is 10.6 Å². The molecule has 0 bridgehead atoms. The fraction of sp³-hybridized carbons (Fsp3) is 0.0588. The van der Waals surface area contributed by atoms with Gasteiger partial charge < -0.3 is 10.6 Å². The van der Waals surface area contributed by atoms with Gasteiger partial charge in [0.25, 0.3) is 0 Å². The number of aryl methyl sites for hydroxylation is 1. The summed E-state index contributed by atoms with van der Waals surface area (Å²) in [6, 6.07) is 13.0. The molecule has 0 aliphatic rings. The van der Waals surface area contributed by atoms with E-state index in [4.69, 9.17) is 0 Å². The Morgan fingerprint density at radius 1 is 0.826 bits per heavy atom. The van der Waals surface area contributed by atoms with E-state index in [9.17, 15) is 8.78 Å². The van der Waals surface area contributed by atoms with Crippen molar-refractivity contribution in [1.29, 1.82) is 0 Å². The van der Waals surface area contributed by atoms with Crippen molar-refractivity contribution >= 4 is 23.0 Å². The Morgan fingerprint density at radius 2 is 1.43 bits per heavy atom. The van der Waals surface area contributed by atoms with E-state index in [1.54, 1.807) is 6.07 Å². The van der Waals surface area contributed by atoms with Gasteiger partial charge in [-0.1, -0.05) is 23.8 Å². The van der Waals surface area contributed by atoms with Gasteiger partial charge in [0.1, 0.15) is 35.3 Å². The normalized spacial score (nSPS) is 10.4. The number of anilines is 4. The standard InChI is InChI=1S/C17H14F2N4/c1-11-5-7-12(8-6-11)22-15-9-16(21-10-20-15)23-17-13(18)3-2-4-14(17)19/h2-10H,1H3,(H2,20,21,22,23). The lowest BCUT2D eigenvalue weighted by molar-refractivity contribution is 0.590. The predicted octanol–water partition coefficient (Wildman–Crippen LogP) is 4.55. The Labute approximate surface area is 132 Å². The first kappa shape index (κ1) is 14.9. The Bertz CT molecular complexity index is 799. The van der Waals surface area contributed by atoms with Crippen LogP contribution >= 0.6 is 0 Å². The number of benzene rings is 2. The van der Waals surface area contributed by atoms with Gasteiger partial charge in [-0.05, 0) is 31.2 Å². The monoisotopic (exact) mass is 312 g/mol. The van der Waals surface area contributed by atoms with Crippen molar-refractivity contribution in [3.8, 4) is 0 Å². The fourth-order valence-electron chi connectivity index (χ4n) is 2.02. The molecule has 3 aromatic rings. The molecule has 0 spiro atoms. The highest BCUT2D eigenvalue weighted by Crippen LogP contribution is 2.23. The molecule has 23 heavy (non-hydrogen) atoms. The molecule has 1 aromatic heterocycles. The van der Waals surface area contributed by atoms with Gasteiger partial charge in [-0.2, -0.15) is 0 Å². The number of para-hydroxylation sites is 1. The zero-order valence-corrected chi connectivity index (χ0v) is 12.3. The van der Waals surface area contributed by atoms with Gasteiger partial charge >= 0.3 is 0 Å². The summed E-state index contributed by atoms with van der Waals surface area (Å²) in [6.45, 7) is 2.00. The number of halogens is 2. The summed E-state index contributed by atoms with van der Waals surface area (Å²) < 4.78 is 27.3. The minimum atomic E-state index is -0.684. The lowest BCUT2D eigenvalue weighted by Crippen LogP contribution is -2.01. The number of hydrogen-bond acceptors (Lipinski definition) is 4. The first-order valence-corrected chi connectivity index (χ1v) is 6.98. The first-order valence-electron chi connectivity index (χ1n) is 6.98. The summed E-state index contributed by atoms with van der Waals surface area (Å²) in [5, 5.41) is 5.74. The summed E-state index contributed by atoms with van der Waals surface area (Å²) in [5.74, 6) is -0.560. The highest BCUT2D eigenvalue weighted by Gasteiger charge is 2.09. The second kappa shape index (κ2) is 6.39. The van der Waals surface area contributed by atoms with Crippen molar-refractivity contribution in [2.24, 2.45) is 0 Å². The molecule has 2 N–H and O–H groups in total. The molecule has 0 radical (unpaired) electrons. The average Bonchev–Trinajstić information content (AvgIpc) is 2.54. The minimum Gasteiger partial charge on any atom is -0.340 e. The maximum Gasteiger partial charge on any atom is 0.149 e. The van der Waals surface area contributed by atoms with Gasteiger partial charge in [-0.15, -0.1) is 0 Å². The second-order valence-corrected chi connectivity index (χ2v) is 5.00. The molecule has 0 saturated carbocycles. The van der Waals surface area contributed by atoms with E-state index in [0.717, 1.165) is 11.3 Å². The van der Waals surface area contributed by atoms with E-state index in [-0.39, 0.29) is 5.69 Å². The van der Waals surface area contributed by atoms with Crippen LogP contribution in [0.5, 0.6) is 0 Å². The van der Waals surface area contributed by atoms with Gasteiger partial charge in [0, 0.05) is 11.8 Å². The summed E-state index contributed by atoms with van der Waals surface area (Å²) in [7, 11) is 0. The molecular weight excluding hydrogens is 298 g/mol. The third-order valence-electron chi connectivity index (χ3n) is 3.21. The van der Waals surface area contributed by atoms with Crippen LogP contribution in [0.1, 0.15) is 5.56 Å². The third-order valence-corrected chi connectivity index (χ3v) is 3.21. The van der Waals surface area contributed by atoms with Crippen molar-refractivity contribution in [3.63, 3.8) is 0 Å². The van der Waals surface area contributed by atoms with Crippen LogP contribution < -0.4 is 10.6 Å². The topological polar surface area (TPSA) is 49.8 Å². The maximum atomic E-state index is 13.7. The third kappa shape index (κ3) is 3.60. The van der Waals surface area contributed by atoms with E-state index in [1.807, 2.05) is 31.2 Å². The SMILES string of the molecule is Cc1ccc(Nc2cc(Nc3c(F)cccc3F)ncn2)cc1. The van der Waals surface area contributed by atoms with Crippen molar-refractivity contribution in [2.45, 2.75) is 6.92 Å². The molecule has 0 unspecified atom stereocenters. The zero-order valence-electron chi connectivity index (χ0n) is 12.3. The summed E-state index contributed by atoms with van der Waals surface area (Å²) >= 11 is 0. The summed E-state index contributed by atoms with van der Waals surface area (Å²) in [5.41, 5.74) is 1.76. The number of hydrogen-bond donors (Lipinski definition) is 2.